The smallest absolute Gasteiger partial charge is 0.331 e. The monoisotopic (exact) mass is 278 g/mol. The molecule has 6 nitrogen and oxygen atoms in total. The van der Waals surface area contributed by atoms with E-state index in [9.17, 15) is 14.9 Å². The highest BCUT2D eigenvalue weighted by atomic mass is 16.6. The van der Waals surface area contributed by atoms with Gasteiger partial charge in [-0.15, -0.1) is 0 Å². The lowest BCUT2D eigenvalue weighted by atomic mass is 10.1. The van der Waals surface area contributed by atoms with Gasteiger partial charge in [-0.05, 0) is 18.9 Å². The van der Waals surface area contributed by atoms with E-state index < -0.39 is 10.9 Å². The molecule has 0 amide bonds. The largest absolute Gasteiger partial charge is 0.478 e. The van der Waals surface area contributed by atoms with Gasteiger partial charge in [-0.25, -0.2) is 4.79 Å². The fourth-order valence-corrected chi connectivity index (χ4v) is 1.84. The molecule has 0 aromatic heterocycles. The van der Waals surface area contributed by atoms with Gasteiger partial charge in [0.1, 0.15) is 0 Å². The molecule has 0 aliphatic carbocycles. The average Bonchev–Trinajstić information content (AvgIpc) is 2.39. The van der Waals surface area contributed by atoms with E-state index in [0.717, 1.165) is 5.56 Å². The number of nitro groups is 1. The fourth-order valence-electron chi connectivity index (χ4n) is 1.84. The molecule has 0 spiro atoms. The Hall–Kier alpha value is -2.21. The van der Waals surface area contributed by atoms with Crippen molar-refractivity contribution < 1.29 is 14.8 Å². The summed E-state index contributed by atoms with van der Waals surface area (Å²) in [6, 6.07) is 4.93. The third-order valence-corrected chi connectivity index (χ3v) is 3.08. The molecule has 108 valence electrons. The molecule has 0 saturated heterocycles. The van der Waals surface area contributed by atoms with Crippen molar-refractivity contribution in [1.82, 2.24) is 5.32 Å². The predicted molar refractivity (Wildman–Crippen MR) is 75.5 cm³/mol. The highest BCUT2D eigenvalue weighted by Gasteiger charge is 2.12. The standard InChI is InChI=1S/C14H18N2O4/c1-3-11(14(17)18)7-8-15-9-12-5-4-6-13(10(12)2)16(19)20/h4-7,15H,3,8-9H2,1-2H3,(H,17,18)/b11-7-. The van der Waals surface area contributed by atoms with Crippen molar-refractivity contribution in [3.05, 3.63) is 51.1 Å². The lowest BCUT2D eigenvalue weighted by Crippen LogP contribution is -2.15. The minimum absolute atomic E-state index is 0.0969. The van der Waals surface area contributed by atoms with Gasteiger partial charge in [0.05, 0.1) is 4.92 Å². The topological polar surface area (TPSA) is 92.5 Å². The molecule has 0 heterocycles. The van der Waals surface area contributed by atoms with Gasteiger partial charge in [0, 0.05) is 30.3 Å². The summed E-state index contributed by atoms with van der Waals surface area (Å²) in [4.78, 5) is 21.2. The van der Waals surface area contributed by atoms with Crippen LogP contribution in [-0.2, 0) is 11.3 Å². The Morgan fingerprint density at radius 1 is 1.50 bits per heavy atom. The van der Waals surface area contributed by atoms with E-state index in [4.69, 9.17) is 5.11 Å². The molecule has 0 saturated carbocycles. The van der Waals surface area contributed by atoms with E-state index in [-0.39, 0.29) is 5.69 Å². The Morgan fingerprint density at radius 2 is 2.20 bits per heavy atom. The van der Waals surface area contributed by atoms with Gasteiger partial charge >= 0.3 is 5.97 Å². The third kappa shape index (κ3) is 4.17. The predicted octanol–water partition coefficient (Wildman–Crippen LogP) is 2.41. The number of nitro benzene ring substituents is 1. The maximum atomic E-state index is 10.8. The van der Waals surface area contributed by atoms with Crippen molar-refractivity contribution in [2.24, 2.45) is 0 Å². The number of hydrogen-bond acceptors (Lipinski definition) is 4. The second kappa shape index (κ2) is 7.40. The van der Waals surface area contributed by atoms with E-state index in [0.29, 0.717) is 30.6 Å². The molecule has 1 rings (SSSR count). The number of aliphatic carboxylic acids is 1. The van der Waals surface area contributed by atoms with Crippen molar-refractivity contribution in [2.45, 2.75) is 26.8 Å². The first-order chi connectivity index (χ1) is 9.47. The van der Waals surface area contributed by atoms with Crippen molar-refractivity contribution in [3.8, 4) is 0 Å². The zero-order valence-electron chi connectivity index (χ0n) is 11.5. The molecular weight excluding hydrogens is 260 g/mol. The summed E-state index contributed by atoms with van der Waals surface area (Å²) in [5.41, 5.74) is 1.91. The summed E-state index contributed by atoms with van der Waals surface area (Å²) in [6.07, 6.45) is 2.09. The Bertz CT molecular complexity index is 538. The first-order valence-corrected chi connectivity index (χ1v) is 6.33. The van der Waals surface area contributed by atoms with Crippen molar-refractivity contribution in [3.63, 3.8) is 0 Å². The van der Waals surface area contributed by atoms with Gasteiger partial charge in [-0.2, -0.15) is 0 Å². The molecule has 0 aliphatic heterocycles. The SMILES string of the molecule is CC/C(=C/CNCc1cccc([N+](=O)[O-])c1C)C(=O)O. The van der Waals surface area contributed by atoms with Crippen LogP contribution in [-0.4, -0.2) is 22.5 Å². The molecule has 6 heteroatoms. The molecule has 20 heavy (non-hydrogen) atoms. The Morgan fingerprint density at radius 3 is 2.75 bits per heavy atom. The molecule has 0 bridgehead atoms. The second-order valence-corrected chi connectivity index (χ2v) is 4.34. The Kier molecular flexibility index (Phi) is 5.86. The van der Waals surface area contributed by atoms with Crippen LogP contribution >= 0.6 is 0 Å². The summed E-state index contributed by atoms with van der Waals surface area (Å²) >= 11 is 0. The van der Waals surface area contributed by atoms with Crippen LogP contribution in [0.1, 0.15) is 24.5 Å². The van der Waals surface area contributed by atoms with Crippen LogP contribution in [0.4, 0.5) is 5.69 Å². The van der Waals surface area contributed by atoms with E-state index in [1.165, 1.54) is 6.07 Å². The van der Waals surface area contributed by atoms with E-state index in [1.807, 2.05) is 6.07 Å². The lowest BCUT2D eigenvalue weighted by Gasteiger charge is -2.07. The molecule has 0 atom stereocenters. The number of carboxylic acid groups (broad SMARTS) is 1. The van der Waals surface area contributed by atoms with Crippen LogP contribution in [0.2, 0.25) is 0 Å². The van der Waals surface area contributed by atoms with Crippen LogP contribution in [0.25, 0.3) is 0 Å². The molecule has 1 aromatic carbocycles. The van der Waals surface area contributed by atoms with Crippen molar-refractivity contribution in [1.29, 1.82) is 0 Å². The van der Waals surface area contributed by atoms with Gasteiger partial charge in [0.15, 0.2) is 0 Å². The van der Waals surface area contributed by atoms with Gasteiger partial charge in [-0.1, -0.05) is 25.1 Å². The number of rotatable bonds is 7. The van der Waals surface area contributed by atoms with Crippen LogP contribution in [0.3, 0.4) is 0 Å². The normalized spacial score (nSPS) is 11.4. The minimum atomic E-state index is -0.916. The van der Waals surface area contributed by atoms with Gasteiger partial charge in [-0.3, -0.25) is 10.1 Å². The zero-order chi connectivity index (χ0) is 15.1. The van der Waals surface area contributed by atoms with E-state index in [1.54, 1.807) is 26.0 Å². The summed E-state index contributed by atoms with van der Waals surface area (Å²) in [5.74, 6) is -0.916. The van der Waals surface area contributed by atoms with Crippen molar-refractivity contribution in [2.75, 3.05) is 6.54 Å². The van der Waals surface area contributed by atoms with E-state index in [2.05, 4.69) is 5.32 Å². The molecule has 0 fully saturated rings. The number of carboxylic acids is 1. The number of nitrogens with one attached hydrogen (secondary N) is 1. The first-order valence-electron chi connectivity index (χ1n) is 6.33. The van der Waals surface area contributed by atoms with Crippen LogP contribution < -0.4 is 5.32 Å². The van der Waals surface area contributed by atoms with Gasteiger partial charge in [0.2, 0.25) is 0 Å². The average molecular weight is 278 g/mol. The number of hydrogen-bond donors (Lipinski definition) is 2. The minimum Gasteiger partial charge on any atom is -0.478 e. The number of nitrogens with zero attached hydrogens (tertiary/aromatic N) is 1. The summed E-state index contributed by atoms with van der Waals surface area (Å²) < 4.78 is 0. The molecule has 0 radical (unpaired) electrons. The van der Waals surface area contributed by atoms with Gasteiger partial charge < -0.3 is 10.4 Å². The number of benzene rings is 1. The van der Waals surface area contributed by atoms with Crippen LogP contribution in [0.15, 0.2) is 29.8 Å². The number of carbonyl (C=O) groups is 1. The molecule has 0 aliphatic rings. The van der Waals surface area contributed by atoms with E-state index >= 15 is 0 Å². The fraction of sp³-hybridized carbons (Fsp3) is 0.357. The maximum Gasteiger partial charge on any atom is 0.331 e. The Balaban J connectivity index is 2.65. The Labute approximate surface area is 117 Å². The van der Waals surface area contributed by atoms with Crippen LogP contribution in [0, 0.1) is 17.0 Å². The molecule has 0 unspecified atom stereocenters. The molecular formula is C14H18N2O4. The van der Waals surface area contributed by atoms with Crippen molar-refractivity contribution >= 4 is 11.7 Å². The summed E-state index contributed by atoms with van der Waals surface area (Å²) in [5, 5.41) is 22.7. The maximum absolute atomic E-state index is 10.8. The lowest BCUT2D eigenvalue weighted by molar-refractivity contribution is -0.385. The second-order valence-electron chi connectivity index (χ2n) is 4.34. The first kappa shape index (κ1) is 15.8. The highest BCUT2D eigenvalue weighted by Crippen LogP contribution is 2.20. The quantitative estimate of drug-likeness (QED) is 0.346. The highest BCUT2D eigenvalue weighted by molar-refractivity contribution is 5.86. The molecule has 2 N–H and O–H groups in total. The van der Waals surface area contributed by atoms with Gasteiger partial charge in [0.25, 0.3) is 5.69 Å². The van der Waals surface area contributed by atoms with Crippen LogP contribution in [0.5, 0.6) is 0 Å². The third-order valence-electron chi connectivity index (χ3n) is 3.08. The molecule has 1 aromatic rings. The summed E-state index contributed by atoms with van der Waals surface area (Å²) in [7, 11) is 0. The zero-order valence-corrected chi connectivity index (χ0v) is 11.5. The summed E-state index contributed by atoms with van der Waals surface area (Å²) in [6.45, 7) is 4.36.